The van der Waals surface area contributed by atoms with Crippen molar-refractivity contribution in [3.05, 3.63) is 53.6 Å². The molecule has 0 saturated heterocycles. The van der Waals surface area contributed by atoms with Crippen LogP contribution >= 0.6 is 11.6 Å². The van der Waals surface area contributed by atoms with Crippen molar-refractivity contribution in [3.63, 3.8) is 0 Å². The second-order valence-electron chi connectivity index (χ2n) is 6.79. The largest absolute Gasteiger partial charge is 0.480 e. The van der Waals surface area contributed by atoms with Gasteiger partial charge in [-0.15, -0.1) is 0 Å². The number of fused-ring (bicyclic) bond motifs is 1. The number of rotatable bonds is 6. The molecule has 0 radical (unpaired) electrons. The smallest absolute Gasteiger partial charge is 0.230 e. The molecule has 170 valence electrons. The molecule has 0 aliphatic carbocycles. The highest BCUT2D eigenvalue weighted by Gasteiger charge is 2.21. The second-order valence-corrected chi connectivity index (χ2v) is 9.22. The summed E-state index contributed by atoms with van der Waals surface area (Å²) in [6.07, 6.45) is 2.83. The molecule has 0 aliphatic rings. The van der Waals surface area contributed by atoms with Crippen LogP contribution in [0.1, 0.15) is 0 Å². The molecule has 0 bridgehead atoms. The lowest BCUT2D eigenvalue weighted by Gasteiger charge is -2.17. The van der Waals surface area contributed by atoms with Crippen molar-refractivity contribution >= 4 is 49.8 Å². The summed E-state index contributed by atoms with van der Waals surface area (Å²) in [5.41, 5.74) is 6.35. The van der Waals surface area contributed by atoms with Gasteiger partial charge in [0.1, 0.15) is 4.90 Å². The standard InChI is InChI=1S/C21H18ClFN6O3S/c1-31-19-14(7-11-9-26-21(24)28-18(11)27-19)13-5-4-6-15(17(13)23)29-33(3,30)16-8-12(22)10-25-20(16)32-2/h4-10H,3H2,1-2H3,(H,29,30)(H2,24,26,27,28). The zero-order valence-corrected chi connectivity index (χ0v) is 19.1. The number of nitrogens with two attached hydrogens (primary N) is 1. The van der Waals surface area contributed by atoms with E-state index in [1.165, 1.54) is 44.8 Å². The van der Waals surface area contributed by atoms with Crippen LogP contribution in [0.5, 0.6) is 11.8 Å². The number of pyridine rings is 2. The number of hydrogen-bond acceptors (Lipinski definition) is 8. The molecule has 1 unspecified atom stereocenters. The van der Waals surface area contributed by atoms with Crippen molar-refractivity contribution in [2.75, 3.05) is 24.7 Å². The Balaban J connectivity index is 1.81. The highest BCUT2D eigenvalue weighted by Crippen LogP contribution is 2.36. The molecule has 1 atom stereocenters. The number of halogens is 2. The van der Waals surface area contributed by atoms with Gasteiger partial charge < -0.3 is 19.9 Å². The van der Waals surface area contributed by atoms with E-state index in [9.17, 15) is 4.21 Å². The van der Waals surface area contributed by atoms with Gasteiger partial charge in [-0.3, -0.25) is 0 Å². The zero-order valence-electron chi connectivity index (χ0n) is 17.5. The predicted octanol–water partition coefficient (Wildman–Crippen LogP) is 3.58. The lowest BCUT2D eigenvalue weighted by Crippen LogP contribution is -2.15. The topological polar surface area (TPSA) is 125 Å². The second kappa shape index (κ2) is 8.68. The van der Waals surface area contributed by atoms with E-state index >= 15 is 4.39 Å². The van der Waals surface area contributed by atoms with Crippen LogP contribution in [0, 0.1) is 5.82 Å². The molecule has 0 amide bonds. The number of hydrogen-bond donors (Lipinski definition) is 2. The van der Waals surface area contributed by atoms with Gasteiger partial charge in [0, 0.05) is 28.9 Å². The van der Waals surface area contributed by atoms with Gasteiger partial charge in [0.2, 0.25) is 17.7 Å². The molecule has 12 heteroatoms. The number of aromatic nitrogens is 4. The maximum absolute atomic E-state index is 15.6. The van der Waals surface area contributed by atoms with Crippen molar-refractivity contribution < 1.29 is 18.1 Å². The Morgan fingerprint density at radius 2 is 1.85 bits per heavy atom. The third kappa shape index (κ3) is 4.32. The zero-order chi connectivity index (χ0) is 23.8. The van der Waals surface area contributed by atoms with Crippen LogP contribution in [0.2, 0.25) is 5.02 Å². The van der Waals surface area contributed by atoms with Crippen LogP contribution in [0.3, 0.4) is 0 Å². The van der Waals surface area contributed by atoms with Gasteiger partial charge in [0.05, 0.1) is 34.6 Å². The van der Waals surface area contributed by atoms with Crippen molar-refractivity contribution in [3.8, 4) is 22.9 Å². The normalized spacial score (nSPS) is 12.8. The highest BCUT2D eigenvalue weighted by atomic mass is 35.5. The number of methoxy groups -OCH3 is 2. The number of ether oxygens (including phenoxy) is 2. The first-order valence-corrected chi connectivity index (χ1v) is 11.4. The van der Waals surface area contributed by atoms with E-state index in [4.69, 9.17) is 26.8 Å². The first kappa shape index (κ1) is 22.5. The molecule has 0 fully saturated rings. The van der Waals surface area contributed by atoms with Gasteiger partial charge in [-0.2, -0.15) is 9.97 Å². The monoisotopic (exact) mass is 488 g/mol. The Labute approximate surface area is 193 Å². The molecule has 0 aliphatic heterocycles. The van der Waals surface area contributed by atoms with Crippen molar-refractivity contribution in [2.45, 2.75) is 4.90 Å². The van der Waals surface area contributed by atoms with E-state index in [0.29, 0.717) is 16.6 Å². The van der Waals surface area contributed by atoms with Gasteiger partial charge in [-0.1, -0.05) is 23.7 Å². The Kier molecular flexibility index (Phi) is 5.91. The molecule has 1 aromatic carbocycles. The average molecular weight is 489 g/mol. The fraction of sp³-hybridized carbons (Fsp3) is 0.0952. The molecular formula is C21H18ClFN6O3S. The third-order valence-electron chi connectivity index (χ3n) is 4.64. The van der Waals surface area contributed by atoms with Crippen molar-refractivity contribution in [1.29, 1.82) is 0 Å². The number of anilines is 2. The van der Waals surface area contributed by atoms with Gasteiger partial charge in [0.15, 0.2) is 11.5 Å². The SMILES string of the molecule is C=S(=O)(Nc1cccc(-c2cc3cnc(N)nc3nc2OC)c1F)c1cc(Cl)cnc1OC. The summed E-state index contributed by atoms with van der Waals surface area (Å²) in [7, 11) is -0.524. The van der Waals surface area contributed by atoms with Crippen LogP contribution in [0.4, 0.5) is 16.0 Å². The van der Waals surface area contributed by atoms with E-state index in [-0.39, 0.29) is 38.9 Å². The van der Waals surface area contributed by atoms with Crippen LogP contribution < -0.4 is 19.9 Å². The minimum absolute atomic E-state index is 0.0540. The summed E-state index contributed by atoms with van der Waals surface area (Å²) in [6, 6.07) is 7.59. The lowest BCUT2D eigenvalue weighted by atomic mass is 10.0. The molecule has 3 N–H and O–H groups in total. The van der Waals surface area contributed by atoms with Crippen LogP contribution in [0.25, 0.3) is 22.2 Å². The van der Waals surface area contributed by atoms with Gasteiger partial charge >= 0.3 is 0 Å². The summed E-state index contributed by atoms with van der Waals surface area (Å²) in [5.74, 6) is 3.27. The molecular weight excluding hydrogens is 471 g/mol. The Morgan fingerprint density at radius 3 is 2.58 bits per heavy atom. The summed E-state index contributed by atoms with van der Waals surface area (Å²) in [5, 5.41) is 0.765. The van der Waals surface area contributed by atoms with Crippen molar-refractivity contribution in [1.82, 2.24) is 19.9 Å². The van der Waals surface area contributed by atoms with E-state index in [0.717, 1.165) is 0 Å². The Hall–Kier alpha value is -3.70. The first-order chi connectivity index (χ1) is 15.7. The molecule has 4 aromatic rings. The summed E-state index contributed by atoms with van der Waals surface area (Å²) < 4.78 is 42.2. The number of nitrogens with zero attached hydrogens (tertiary/aromatic N) is 4. The van der Waals surface area contributed by atoms with Crippen molar-refractivity contribution in [2.24, 2.45) is 0 Å². The maximum Gasteiger partial charge on any atom is 0.230 e. The van der Waals surface area contributed by atoms with Crippen LogP contribution in [-0.4, -0.2) is 44.2 Å². The fourth-order valence-corrected chi connectivity index (χ4v) is 4.74. The molecule has 33 heavy (non-hydrogen) atoms. The van der Waals surface area contributed by atoms with Crippen LogP contribution in [-0.2, 0) is 9.71 Å². The fourth-order valence-electron chi connectivity index (χ4n) is 3.16. The quantitative estimate of drug-likeness (QED) is 0.394. The molecule has 3 heterocycles. The van der Waals surface area contributed by atoms with Gasteiger partial charge in [-0.05, 0) is 24.1 Å². The van der Waals surface area contributed by atoms with E-state index in [1.54, 1.807) is 12.1 Å². The minimum Gasteiger partial charge on any atom is -0.480 e. The number of nitrogen functional groups attached to an aromatic ring is 1. The molecule has 9 nitrogen and oxygen atoms in total. The predicted molar refractivity (Wildman–Crippen MR) is 127 cm³/mol. The summed E-state index contributed by atoms with van der Waals surface area (Å²) >= 11 is 6.00. The highest BCUT2D eigenvalue weighted by molar-refractivity contribution is 8.01. The lowest BCUT2D eigenvalue weighted by molar-refractivity contribution is 0.386. The average Bonchev–Trinajstić information content (AvgIpc) is 2.79. The number of benzene rings is 1. The Morgan fingerprint density at radius 1 is 1.09 bits per heavy atom. The Bertz CT molecular complexity index is 1480. The number of nitrogens with one attached hydrogen (secondary N) is 1. The molecule has 4 rings (SSSR count). The van der Waals surface area contributed by atoms with E-state index in [2.05, 4.69) is 30.5 Å². The summed E-state index contributed by atoms with van der Waals surface area (Å²) in [6.45, 7) is 0. The first-order valence-electron chi connectivity index (χ1n) is 9.34. The van der Waals surface area contributed by atoms with E-state index < -0.39 is 15.5 Å². The third-order valence-corrected chi connectivity index (χ3v) is 6.40. The van der Waals surface area contributed by atoms with Crippen LogP contribution in [0.15, 0.2) is 47.6 Å². The minimum atomic E-state index is -3.30. The van der Waals surface area contributed by atoms with E-state index in [1.807, 2.05) is 0 Å². The van der Waals surface area contributed by atoms with Gasteiger partial charge in [-0.25, -0.2) is 18.6 Å². The maximum atomic E-state index is 15.6. The molecule has 3 aromatic heterocycles. The molecule has 0 saturated carbocycles. The molecule has 0 spiro atoms. The van der Waals surface area contributed by atoms with Gasteiger partial charge in [0.25, 0.3) is 0 Å². The summed E-state index contributed by atoms with van der Waals surface area (Å²) in [4.78, 5) is 16.4.